The molecule has 0 fully saturated rings. The SMILES string of the molecule is c1cc(-c2c3ccccc3c(-c3ccc(-c4cccc5oc6ccccc6c45)cc3)c3ccccc23)cc(-c2cc3ccccc3c3ccccc23)c1. The summed E-state index contributed by atoms with van der Waals surface area (Å²) in [6, 6.07) is 70.6. The Morgan fingerprint density at radius 3 is 1.49 bits per heavy atom. The highest BCUT2D eigenvalue weighted by Gasteiger charge is 2.18. The van der Waals surface area contributed by atoms with Crippen molar-refractivity contribution in [1.82, 2.24) is 0 Å². The van der Waals surface area contributed by atoms with Crippen molar-refractivity contribution in [2.24, 2.45) is 0 Å². The van der Waals surface area contributed by atoms with Crippen molar-refractivity contribution < 1.29 is 4.42 Å². The lowest BCUT2D eigenvalue weighted by molar-refractivity contribution is 0.669. The Morgan fingerprint density at radius 2 is 0.774 bits per heavy atom. The normalized spacial score (nSPS) is 11.8. The van der Waals surface area contributed by atoms with E-state index in [1.165, 1.54) is 87.6 Å². The van der Waals surface area contributed by atoms with Crippen molar-refractivity contribution in [3.8, 4) is 44.5 Å². The molecule has 0 aliphatic heterocycles. The molecule has 1 nitrogen and oxygen atoms in total. The quantitative estimate of drug-likeness (QED) is 0.134. The molecule has 246 valence electrons. The molecule has 0 saturated carbocycles. The zero-order valence-electron chi connectivity index (χ0n) is 28.9. The van der Waals surface area contributed by atoms with Gasteiger partial charge < -0.3 is 4.42 Å². The summed E-state index contributed by atoms with van der Waals surface area (Å²) in [5, 5.41) is 12.4. The van der Waals surface area contributed by atoms with Crippen LogP contribution in [0.2, 0.25) is 0 Å². The van der Waals surface area contributed by atoms with E-state index >= 15 is 0 Å². The fourth-order valence-electron chi connectivity index (χ4n) is 8.72. The highest BCUT2D eigenvalue weighted by molar-refractivity contribution is 6.22. The first-order chi connectivity index (χ1) is 26.3. The highest BCUT2D eigenvalue weighted by atomic mass is 16.3. The summed E-state index contributed by atoms with van der Waals surface area (Å²) in [5.41, 5.74) is 11.6. The number of rotatable bonds is 4. The van der Waals surface area contributed by atoms with Crippen LogP contribution in [0.15, 0.2) is 199 Å². The minimum Gasteiger partial charge on any atom is -0.456 e. The predicted molar refractivity (Wildman–Crippen MR) is 225 cm³/mol. The maximum atomic E-state index is 6.22. The monoisotopic (exact) mass is 672 g/mol. The highest BCUT2D eigenvalue weighted by Crippen LogP contribution is 2.45. The van der Waals surface area contributed by atoms with Crippen molar-refractivity contribution in [1.29, 1.82) is 0 Å². The third kappa shape index (κ3) is 4.64. The van der Waals surface area contributed by atoms with E-state index in [1.54, 1.807) is 0 Å². The summed E-state index contributed by atoms with van der Waals surface area (Å²) >= 11 is 0. The molecule has 0 N–H and O–H groups in total. The van der Waals surface area contributed by atoms with Gasteiger partial charge in [0.25, 0.3) is 0 Å². The molecule has 53 heavy (non-hydrogen) atoms. The average Bonchev–Trinajstić information content (AvgIpc) is 3.62. The molecule has 0 aliphatic carbocycles. The number of para-hydroxylation sites is 1. The van der Waals surface area contributed by atoms with Gasteiger partial charge in [-0.25, -0.2) is 0 Å². The molecule has 0 spiro atoms. The first kappa shape index (κ1) is 29.7. The average molecular weight is 673 g/mol. The van der Waals surface area contributed by atoms with E-state index in [0.29, 0.717) is 0 Å². The molecule has 10 aromatic carbocycles. The Hall–Kier alpha value is -6.96. The molecule has 0 unspecified atom stereocenters. The summed E-state index contributed by atoms with van der Waals surface area (Å²) in [4.78, 5) is 0. The number of benzene rings is 10. The number of hydrogen-bond acceptors (Lipinski definition) is 1. The molecule has 1 heteroatoms. The van der Waals surface area contributed by atoms with Gasteiger partial charge in [0.1, 0.15) is 11.2 Å². The number of fused-ring (bicyclic) bond motifs is 8. The number of furan rings is 1. The van der Waals surface area contributed by atoms with E-state index in [-0.39, 0.29) is 0 Å². The Kier molecular flexibility index (Phi) is 6.62. The predicted octanol–water partition coefficient (Wildman–Crippen LogP) is 14.9. The largest absolute Gasteiger partial charge is 0.456 e. The van der Waals surface area contributed by atoms with Crippen molar-refractivity contribution in [3.63, 3.8) is 0 Å². The molecule has 11 rings (SSSR count). The fourth-order valence-corrected chi connectivity index (χ4v) is 8.72. The minimum atomic E-state index is 0.915. The van der Waals surface area contributed by atoms with Crippen LogP contribution in [0.25, 0.3) is 110 Å². The van der Waals surface area contributed by atoms with E-state index in [0.717, 1.165) is 21.9 Å². The Balaban J connectivity index is 1.09. The molecule has 0 atom stereocenters. The van der Waals surface area contributed by atoms with E-state index < -0.39 is 0 Å². The first-order valence-corrected chi connectivity index (χ1v) is 18.3. The smallest absolute Gasteiger partial charge is 0.136 e. The minimum absolute atomic E-state index is 0.915. The van der Waals surface area contributed by atoms with Gasteiger partial charge in [0.15, 0.2) is 0 Å². The second kappa shape index (κ2) is 11.8. The van der Waals surface area contributed by atoms with Crippen molar-refractivity contribution >= 4 is 65.0 Å². The second-order valence-electron chi connectivity index (χ2n) is 14.0. The van der Waals surface area contributed by atoms with Crippen molar-refractivity contribution in [2.75, 3.05) is 0 Å². The third-order valence-corrected chi connectivity index (χ3v) is 11.0. The molecule has 0 amide bonds. The van der Waals surface area contributed by atoms with Gasteiger partial charge in [-0.1, -0.05) is 170 Å². The van der Waals surface area contributed by atoms with E-state index in [2.05, 4.69) is 182 Å². The van der Waals surface area contributed by atoms with Crippen LogP contribution in [0, 0.1) is 0 Å². The molecule has 1 aromatic heterocycles. The van der Waals surface area contributed by atoms with Crippen LogP contribution in [0.5, 0.6) is 0 Å². The summed E-state index contributed by atoms with van der Waals surface area (Å²) in [6.45, 7) is 0. The fraction of sp³-hybridized carbons (Fsp3) is 0. The van der Waals surface area contributed by atoms with Crippen LogP contribution >= 0.6 is 0 Å². The standard InChI is InChI=1S/C52H32O/c1-2-16-38-36(13-1)32-47(41-18-4-3-17-40(38)41)35-14-11-15-37(31-35)51-44-21-7-5-19-42(44)50(43-20-6-8-22-45(43)51)34-29-27-33(28-30-34)39-24-12-26-49-52(39)46-23-9-10-25-48(46)53-49/h1-32H. The zero-order valence-corrected chi connectivity index (χ0v) is 28.9. The molecule has 0 bridgehead atoms. The molecular weight excluding hydrogens is 641 g/mol. The van der Waals surface area contributed by atoms with E-state index in [4.69, 9.17) is 4.42 Å². The summed E-state index contributed by atoms with van der Waals surface area (Å²) in [5.74, 6) is 0. The molecule has 0 aliphatic rings. The molecule has 11 aromatic rings. The van der Waals surface area contributed by atoms with Gasteiger partial charge in [-0.15, -0.1) is 0 Å². The topological polar surface area (TPSA) is 13.1 Å². The Morgan fingerprint density at radius 1 is 0.264 bits per heavy atom. The second-order valence-corrected chi connectivity index (χ2v) is 14.0. The lowest BCUT2D eigenvalue weighted by Crippen LogP contribution is -1.91. The molecule has 1 heterocycles. The summed E-state index contributed by atoms with van der Waals surface area (Å²) in [7, 11) is 0. The van der Waals surface area contributed by atoms with Crippen molar-refractivity contribution in [3.05, 3.63) is 194 Å². The first-order valence-electron chi connectivity index (χ1n) is 18.3. The summed E-state index contributed by atoms with van der Waals surface area (Å²) < 4.78 is 6.22. The van der Waals surface area contributed by atoms with Gasteiger partial charge in [-0.2, -0.15) is 0 Å². The van der Waals surface area contributed by atoms with Crippen LogP contribution in [-0.2, 0) is 0 Å². The molecule has 0 saturated heterocycles. The van der Waals surface area contributed by atoms with Crippen LogP contribution in [0.1, 0.15) is 0 Å². The summed E-state index contributed by atoms with van der Waals surface area (Å²) in [6.07, 6.45) is 0. The lowest BCUT2D eigenvalue weighted by Gasteiger charge is -2.19. The van der Waals surface area contributed by atoms with Gasteiger partial charge in [-0.3, -0.25) is 0 Å². The van der Waals surface area contributed by atoms with Crippen LogP contribution in [0.3, 0.4) is 0 Å². The van der Waals surface area contributed by atoms with Gasteiger partial charge in [0, 0.05) is 10.8 Å². The van der Waals surface area contributed by atoms with Crippen molar-refractivity contribution in [2.45, 2.75) is 0 Å². The third-order valence-electron chi connectivity index (χ3n) is 11.0. The van der Waals surface area contributed by atoms with Crippen LogP contribution < -0.4 is 0 Å². The Bertz CT molecular complexity index is 3160. The van der Waals surface area contributed by atoms with E-state index in [9.17, 15) is 0 Å². The van der Waals surface area contributed by atoms with Crippen LogP contribution in [-0.4, -0.2) is 0 Å². The molecule has 0 radical (unpaired) electrons. The maximum Gasteiger partial charge on any atom is 0.136 e. The van der Waals surface area contributed by atoms with Gasteiger partial charge in [0.2, 0.25) is 0 Å². The van der Waals surface area contributed by atoms with E-state index in [1.807, 2.05) is 12.1 Å². The molecular formula is C52H32O. The Labute approximate surface area is 307 Å². The number of hydrogen-bond donors (Lipinski definition) is 0. The van der Waals surface area contributed by atoms with Gasteiger partial charge in [0.05, 0.1) is 0 Å². The lowest BCUT2D eigenvalue weighted by atomic mass is 9.85. The maximum absolute atomic E-state index is 6.22. The zero-order chi connectivity index (χ0) is 34.9. The van der Waals surface area contributed by atoms with Gasteiger partial charge >= 0.3 is 0 Å². The van der Waals surface area contributed by atoms with Gasteiger partial charge in [-0.05, 0) is 112 Å². The van der Waals surface area contributed by atoms with Crippen LogP contribution in [0.4, 0.5) is 0 Å².